The molecule has 2 aromatic rings. The van der Waals surface area contributed by atoms with Gasteiger partial charge in [0.25, 0.3) is 0 Å². The van der Waals surface area contributed by atoms with Crippen molar-refractivity contribution in [2.24, 2.45) is 0 Å². The summed E-state index contributed by atoms with van der Waals surface area (Å²) in [4.78, 5) is 16.7. The summed E-state index contributed by atoms with van der Waals surface area (Å²) < 4.78 is 1.07. The van der Waals surface area contributed by atoms with Crippen LogP contribution in [-0.2, 0) is 11.3 Å². The summed E-state index contributed by atoms with van der Waals surface area (Å²) in [6, 6.07) is 17.8. The second-order valence-electron chi connectivity index (χ2n) is 6.35. The van der Waals surface area contributed by atoms with Gasteiger partial charge in [-0.2, -0.15) is 0 Å². The molecule has 0 spiro atoms. The third kappa shape index (κ3) is 4.69. The minimum Gasteiger partial charge on any atom is -0.394 e. The fraction of sp³-hybridized carbons (Fsp3) is 0.350. The number of aliphatic hydroxyl groups is 1. The summed E-state index contributed by atoms with van der Waals surface area (Å²) in [5, 5.41) is 9.86. The molecule has 0 bridgehead atoms. The van der Waals surface area contributed by atoms with E-state index in [1.165, 1.54) is 5.56 Å². The third-order valence-corrected chi connectivity index (χ3v) is 5.20. The first-order valence-corrected chi connectivity index (χ1v) is 9.39. The lowest BCUT2D eigenvalue weighted by Crippen LogP contribution is -2.38. The SMILES string of the molecule is O=C1CCN(Cc2ccc(Br)cc2)CCN1[C@H](CO)c1ccccc1. The molecular weight excluding hydrogens is 380 g/mol. The lowest BCUT2D eigenvalue weighted by molar-refractivity contribution is -0.133. The maximum atomic E-state index is 12.6. The van der Waals surface area contributed by atoms with E-state index in [1.807, 2.05) is 47.4 Å². The predicted octanol–water partition coefficient (Wildman–Crippen LogP) is 3.22. The Hall–Kier alpha value is -1.69. The lowest BCUT2D eigenvalue weighted by atomic mass is 10.1. The summed E-state index contributed by atoms with van der Waals surface area (Å²) in [6.07, 6.45) is 0.486. The molecule has 0 saturated carbocycles. The first-order valence-electron chi connectivity index (χ1n) is 8.59. The first kappa shape index (κ1) is 18.1. The number of halogens is 1. The van der Waals surface area contributed by atoms with E-state index in [9.17, 15) is 9.90 Å². The molecule has 0 unspecified atom stereocenters. The maximum absolute atomic E-state index is 12.6. The fourth-order valence-corrected chi connectivity index (χ4v) is 3.54. The largest absolute Gasteiger partial charge is 0.394 e. The standard InChI is InChI=1S/C20H23BrN2O2/c21-18-8-6-16(7-9-18)14-22-11-10-20(25)23(13-12-22)19(15-24)17-4-2-1-3-5-17/h1-9,19,24H,10-15H2/t19-/m1/s1. The van der Waals surface area contributed by atoms with Crippen LogP contribution >= 0.6 is 15.9 Å². The number of amides is 1. The van der Waals surface area contributed by atoms with Crippen molar-refractivity contribution in [3.05, 3.63) is 70.2 Å². The van der Waals surface area contributed by atoms with E-state index in [0.717, 1.165) is 29.7 Å². The van der Waals surface area contributed by atoms with Crippen LogP contribution in [0.4, 0.5) is 0 Å². The van der Waals surface area contributed by atoms with Gasteiger partial charge in [0.15, 0.2) is 0 Å². The van der Waals surface area contributed by atoms with E-state index < -0.39 is 0 Å². The number of aliphatic hydroxyl groups excluding tert-OH is 1. The molecule has 5 heteroatoms. The normalized spacial score (nSPS) is 17.4. The molecule has 1 amide bonds. The van der Waals surface area contributed by atoms with Gasteiger partial charge in [-0.3, -0.25) is 9.69 Å². The smallest absolute Gasteiger partial charge is 0.224 e. The lowest BCUT2D eigenvalue weighted by Gasteiger charge is -2.30. The highest BCUT2D eigenvalue weighted by Gasteiger charge is 2.27. The van der Waals surface area contributed by atoms with Gasteiger partial charge in [0, 0.05) is 37.1 Å². The number of hydrogen-bond donors (Lipinski definition) is 1. The summed E-state index contributed by atoms with van der Waals surface area (Å²) >= 11 is 3.46. The number of carbonyl (C=O) groups is 1. The summed E-state index contributed by atoms with van der Waals surface area (Å²) in [6.45, 7) is 2.98. The molecule has 1 aliphatic rings. The van der Waals surface area contributed by atoms with E-state index in [2.05, 4.69) is 33.0 Å². The summed E-state index contributed by atoms with van der Waals surface area (Å²) in [5.41, 5.74) is 2.23. The van der Waals surface area contributed by atoms with Crippen LogP contribution in [0, 0.1) is 0 Å². The highest BCUT2D eigenvalue weighted by Crippen LogP contribution is 2.23. The van der Waals surface area contributed by atoms with Crippen molar-refractivity contribution in [3.8, 4) is 0 Å². The molecule has 0 aromatic heterocycles. The van der Waals surface area contributed by atoms with Gasteiger partial charge < -0.3 is 10.0 Å². The Morgan fingerprint density at radius 1 is 1.00 bits per heavy atom. The van der Waals surface area contributed by atoms with Crippen molar-refractivity contribution < 1.29 is 9.90 Å². The van der Waals surface area contributed by atoms with Crippen LogP contribution in [0.25, 0.3) is 0 Å². The average Bonchev–Trinajstić information content (AvgIpc) is 2.81. The molecular formula is C20H23BrN2O2. The van der Waals surface area contributed by atoms with Gasteiger partial charge >= 0.3 is 0 Å². The van der Waals surface area contributed by atoms with Crippen LogP contribution in [0.2, 0.25) is 0 Å². The van der Waals surface area contributed by atoms with Gasteiger partial charge in [-0.05, 0) is 23.3 Å². The molecule has 1 N–H and O–H groups in total. The van der Waals surface area contributed by atoms with Crippen molar-refractivity contribution in [2.45, 2.75) is 19.0 Å². The molecule has 1 atom stereocenters. The Morgan fingerprint density at radius 2 is 1.72 bits per heavy atom. The molecule has 1 aliphatic heterocycles. The van der Waals surface area contributed by atoms with E-state index in [1.54, 1.807) is 0 Å². The van der Waals surface area contributed by atoms with Gasteiger partial charge in [0.1, 0.15) is 0 Å². The summed E-state index contributed by atoms with van der Waals surface area (Å²) in [5.74, 6) is 0.112. The number of carbonyl (C=O) groups excluding carboxylic acids is 1. The predicted molar refractivity (Wildman–Crippen MR) is 102 cm³/mol. The van der Waals surface area contributed by atoms with Gasteiger partial charge in [0.05, 0.1) is 12.6 Å². The monoisotopic (exact) mass is 402 g/mol. The van der Waals surface area contributed by atoms with Crippen molar-refractivity contribution in [1.82, 2.24) is 9.80 Å². The zero-order valence-corrected chi connectivity index (χ0v) is 15.7. The van der Waals surface area contributed by atoms with Crippen molar-refractivity contribution in [3.63, 3.8) is 0 Å². The van der Waals surface area contributed by atoms with E-state index in [4.69, 9.17) is 0 Å². The fourth-order valence-electron chi connectivity index (χ4n) is 3.28. The molecule has 132 valence electrons. The maximum Gasteiger partial charge on any atom is 0.224 e. The van der Waals surface area contributed by atoms with Crippen LogP contribution < -0.4 is 0 Å². The molecule has 4 nitrogen and oxygen atoms in total. The highest BCUT2D eigenvalue weighted by molar-refractivity contribution is 9.10. The Morgan fingerprint density at radius 3 is 2.40 bits per heavy atom. The second-order valence-corrected chi connectivity index (χ2v) is 7.26. The number of rotatable bonds is 5. The number of hydrogen-bond acceptors (Lipinski definition) is 3. The number of nitrogens with zero attached hydrogens (tertiary/aromatic N) is 2. The zero-order valence-electron chi connectivity index (χ0n) is 14.1. The minimum atomic E-state index is -0.263. The molecule has 1 heterocycles. The Bertz CT molecular complexity index is 691. The van der Waals surface area contributed by atoms with Crippen molar-refractivity contribution in [1.29, 1.82) is 0 Å². The highest BCUT2D eigenvalue weighted by atomic mass is 79.9. The third-order valence-electron chi connectivity index (χ3n) is 4.67. The van der Waals surface area contributed by atoms with Crippen molar-refractivity contribution >= 4 is 21.8 Å². The summed E-state index contributed by atoms with van der Waals surface area (Å²) in [7, 11) is 0. The second kappa shape index (κ2) is 8.61. The molecule has 2 aromatic carbocycles. The van der Waals surface area contributed by atoms with Crippen molar-refractivity contribution in [2.75, 3.05) is 26.2 Å². The first-order chi connectivity index (χ1) is 12.2. The Labute approximate surface area is 157 Å². The van der Waals surface area contributed by atoms with E-state index >= 15 is 0 Å². The quantitative estimate of drug-likeness (QED) is 0.834. The van der Waals surface area contributed by atoms with Crippen LogP contribution in [0.1, 0.15) is 23.6 Å². The topological polar surface area (TPSA) is 43.8 Å². The Balaban J connectivity index is 1.68. The zero-order chi connectivity index (χ0) is 17.6. The van der Waals surface area contributed by atoms with Gasteiger partial charge in [-0.25, -0.2) is 0 Å². The van der Waals surface area contributed by atoms with Crippen LogP contribution in [0.15, 0.2) is 59.1 Å². The van der Waals surface area contributed by atoms with Gasteiger partial charge in [-0.1, -0.05) is 58.4 Å². The van der Waals surface area contributed by atoms with E-state index in [0.29, 0.717) is 13.0 Å². The Kier molecular flexibility index (Phi) is 6.24. The van der Waals surface area contributed by atoms with Crippen LogP contribution in [0.5, 0.6) is 0 Å². The van der Waals surface area contributed by atoms with Gasteiger partial charge in [0.2, 0.25) is 5.91 Å². The van der Waals surface area contributed by atoms with Gasteiger partial charge in [-0.15, -0.1) is 0 Å². The van der Waals surface area contributed by atoms with Crippen LogP contribution in [-0.4, -0.2) is 47.1 Å². The molecule has 0 aliphatic carbocycles. The molecule has 1 fully saturated rings. The molecule has 0 radical (unpaired) electrons. The van der Waals surface area contributed by atoms with Crippen LogP contribution in [0.3, 0.4) is 0 Å². The molecule has 3 rings (SSSR count). The molecule has 1 saturated heterocycles. The molecule has 25 heavy (non-hydrogen) atoms. The number of benzene rings is 2. The average molecular weight is 403 g/mol. The minimum absolute atomic E-state index is 0.0531. The van der Waals surface area contributed by atoms with E-state index in [-0.39, 0.29) is 18.6 Å².